The van der Waals surface area contributed by atoms with Gasteiger partial charge in [0.25, 0.3) is 5.91 Å². The molecule has 1 N–H and O–H groups in total. The number of hydrogen-bond acceptors (Lipinski definition) is 2. The predicted molar refractivity (Wildman–Crippen MR) is 89.5 cm³/mol. The van der Waals surface area contributed by atoms with Crippen LogP contribution in [0, 0.1) is 12.8 Å². The van der Waals surface area contributed by atoms with Crippen molar-refractivity contribution < 1.29 is 9.59 Å². The van der Waals surface area contributed by atoms with Crippen molar-refractivity contribution in [3.05, 3.63) is 23.3 Å². The average molecular weight is 281 g/mol. The first-order valence-corrected chi connectivity index (χ1v) is 6.89. The van der Waals surface area contributed by atoms with Gasteiger partial charge in [0.2, 0.25) is 0 Å². The van der Waals surface area contributed by atoms with Crippen molar-refractivity contribution in [2.24, 2.45) is 0 Å². The van der Waals surface area contributed by atoms with E-state index in [0.29, 0.717) is 11.1 Å². The summed E-state index contributed by atoms with van der Waals surface area (Å²) in [6, 6.07) is 0. The van der Waals surface area contributed by atoms with Gasteiger partial charge < -0.3 is 5.32 Å². The Kier molecular flexibility index (Phi) is 29.8. The highest BCUT2D eigenvalue weighted by atomic mass is 16.2. The third kappa shape index (κ3) is 14.2. The molecule has 0 aromatic carbocycles. The van der Waals surface area contributed by atoms with Crippen LogP contribution in [-0.2, 0) is 9.59 Å². The fourth-order valence-corrected chi connectivity index (χ4v) is 1.09. The number of nitrogens with one attached hydrogen (secondary N) is 1. The van der Waals surface area contributed by atoms with Gasteiger partial charge in [0.1, 0.15) is 0 Å². The van der Waals surface area contributed by atoms with Crippen molar-refractivity contribution in [1.82, 2.24) is 5.32 Å². The lowest BCUT2D eigenvalue weighted by Crippen LogP contribution is -2.22. The summed E-state index contributed by atoms with van der Waals surface area (Å²) in [4.78, 5) is 22.4. The molecule has 0 saturated carbocycles. The molecule has 0 fully saturated rings. The second kappa shape index (κ2) is 22.4. The van der Waals surface area contributed by atoms with Gasteiger partial charge in [0.05, 0.1) is 0 Å². The predicted octanol–water partition coefficient (Wildman–Crippen LogP) is 3.91. The molecule has 0 saturated heterocycles. The molecule has 3 heteroatoms. The number of carbonyl (C=O) groups is 2. The van der Waals surface area contributed by atoms with E-state index in [9.17, 15) is 9.59 Å². The molecule has 1 amide bonds. The zero-order valence-corrected chi connectivity index (χ0v) is 14.3. The minimum Gasteiger partial charge on any atom is -0.355 e. The third-order valence-corrected chi connectivity index (χ3v) is 1.72. The highest BCUT2D eigenvalue weighted by Crippen LogP contribution is 2.10. The van der Waals surface area contributed by atoms with E-state index in [4.69, 9.17) is 0 Å². The summed E-state index contributed by atoms with van der Waals surface area (Å²) in [6.45, 7) is 13.2. The number of ketones is 1. The minimum absolute atomic E-state index is 0.0980. The van der Waals surface area contributed by atoms with Crippen LogP contribution in [0.15, 0.2) is 23.3 Å². The highest BCUT2D eigenvalue weighted by molar-refractivity contribution is 6.10. The maximum atomic E-state index is 11.3. The SMILES string of the molecule is C#C.C/C=C(C(C)=O)\C(=C/C)C(=O)NC.CC.CCC. The summed E-state index contributed by atoms with van der Waals surface area (Å²) in [6.07, 6.45) is 12.5. The lowest BCUT2D eigenvalue weighted by molar-refractivity contribution is -0.118. The second-order valence-electron chi connectivity index (χ2n) is 3.25. The summed E-state index contributed by atoms with van der Waals surface area (Å²) >= 11 is 0. The fourth-order valence-electron chi connectivity index (χ4n) is 1.09. The van der Waals surface area contributed by atoms with Gasteiger partial charge in [-0.25, -0.2) is 0 Å². The van der Waals surface area contributed by atoms with E-state index in [-0.39, 0.29) is 11.7 Å². The molecule has 0 bridgehead atoms. The summed E-state index contributed by atoms with van der Waals surface area (Å²) in [5.41, 5.74) is 0.888. The summed E-state index contributed by atoms with van der Waals surface area (Å²) in [7, 11) is 1.54. The zero-order valence-electron chi connectivity index (χ0n) is 14.3. The summed E-state index contributed by atoms with van der Waals surface area (Å²) in [5, 5.41) is 2.49. The fraction of sp³-hybridized carbons (Fsp3) is 0.529. The van der Waals surface area contributed by atoms with Gasteiger partial charge in [-0.2, -0.15) is 0 Å². The number of hydrogen-bond donors (Lipinski definition) is 1. The molecule has 0 spiro atoms. The first-order chi connectivity index (χ1) is 9.49. The maximum absolute atomic E-state index is 11.3. The molecule has 3 nitrogen and oxygen atoms in total. The molecule has 0 aliphatic rings. The average Bonchev–Trinajstić information content (AvgIpc) is 2.48. The molecule has 20 heavy (non-hydrogen) atoms. The van der Waals surface area contributed by atoms with Crippen LogP contribution in [0.3, 0.4) is 0 Å². The molecule has 0 atom stereocenters. The van der Waals surface area contributed by atoms with E-state index in [1.807, 2.05) is 13.8 Å². The van der Waals surface area contributed by atoms with Crippen molar-refractivity contribution in [3.63, 3.8) is 0 Å². The second-order valence-corrected chi connectivity index (χ2v) is 3.25. The number of allylic oxidation sites excluding steroid dienone is 2. The van der Waals surface area contributed by atoms with Crippen molar-refractivity contribution in [1.29, 1.82) is 0 Å². The van der Waals surface area contributed by atoms with Crippen molar-refractivity contribution in [3.8, 4) is 12.8 Å². The van der Waals surface area contributed by atoms with E-state index in [2.05, 4.69) is 32.0 Å². The zero-order chi connectivity index (χ0) is 17.1. The first kappa shape index (κ1) is 26.7. The van der Waals surface area contributed by atoms with Crippen LogP contribution in [0.2, 0.25) is 0 Å². The Morgan fingerprint density at radius 3 is 1.45 bits per heavy atom. The van der Waals surface area contributed by atoms with Gasteiger partial charge >= 0.3 is 0 Å². The van der Waals surface area contributed by atoms with Crippen LogP contribution in [0.5, 0.6) is 0 Å². The van der Waals surface area contributed by atoms with Crippen LogP contribution in [0.1, 0.15) is 54.9 Å². The lowest BCUT2D eigenvalue weighted by Gasteiger charge is -2.06. The van der Waals surface area contributed by atoms with Gasteiger partial charge in [-0.3, -0.25) is 9.59 Å². The van der Waals surface area contributed by atoms with E-state index in [1.54, 1.807) is 33.0 Å². The number of likely N-dealkylation sites (N-methyl/N-ethyl adjacent to an activating group) is 1. The van der Waals surface area contributed by atoms with Crippen LogP contribution < -0.4 is 5.32 Å². The Labute approximate surface area is 125 Å². The molecule has 0 unspecified atom stereocenters. The Morgan fingerprint density at radius 1 is 1.00 bits per heavy atom. The molecule has 0 rings (SSSR count). The van der Waals surface area contributed by atoms with Gasteiger partial charge in [0.15, 0.2) is 5.78 Å². The van der Waals surface area contributed by atoms with E-state index in [1.165, 1.54) is 13.3 Å². The number of terminal acetylenes is 1. The maximum Gasteiger partial charge on any atom is 0.251 e. The van der Waals surface area contributed by atoms with Crippen LogP contribution in [-0.4, -0.2) is 18.7 Å². The van der Waals surface area contributed by atoms with Gasteiger partial charge in [-0.05, 0) is 20.8 Å². The molecule has 0 radical (unpaired) electrons. The van der Waals surface area contributed by atoms with E-state index >= 15 is 0 Å². The summed E-state index contributed by atoms with van der Waals surface area (Å²) < 4.78 is 0. The molecular weight excluding hydrogens is 250 g/mol. The Morgan fingerprint density at radius 2 is 1.30 bits per heavy atom. The highest BCUT2D eigenvalue weighted by Gasteiger charge is 2.14. The number of Topliss-reactive ketones (excluding diaryl/α,β-unsaturated/α-hetero) is 1. The standard InChI is InChI=1S/C10H15NO2.C3H8.C2H6.C2H2/c1-5-8(7(3)12)9(6-2)10(13)11-4;1-3-2;2*1-2/h5-6H,1-4H3,(H,11,13);3H2,1-2H3;1-2H3;1-2H/b8-5-,9-6+;;;. The number of carbonyl (C=O) groups excluding carboxylic acids is 2. The van der Waals surface area contributed by atoms with Gasteiger partial charge in [0, 0.05) is 18.2 Å². The van der Waals surface area contributed by atoms with Crippen molar-refractivity contribution >= 4 is 11.7 Å². The topological polar surface area (TPSA) is 46.2 Å². The number of rotatable bonds is 3. The Hall–Kier alpha value is -1.82. The van der Waals surface area contributed by atoms with Crippen LogP contribution >= 0.6 is 0 Å². The van der Waals surface area contributed by atoms with Crippen molar-refractivity contribution in [2.75, 3.05) is 7.05 Å². The molecule has 0 heterocycles. The summed E-state index contributed by atoms with van der Waals surface area (Å²) in [5.74, 6) is -0.329. The lowest BCUT2D eigenvalue weighted by atomic mass is 10.0. The Bertz CT molecular complexity index is 323. The molecule has 116 valence electrons. The third-order valence-electron chi connectivity index (χ3n) is 1.72. The molecule has 0 aliphatic heterocycles. The monoisotopic (exact) mass is 281 g/mol. The van der Waals surface area contributed by atoms with Gasteiger partial charge in [-0.15, -0.1) is 12.8 Å². The number of amides is 1. The molecule has 0 aliphatic carbocycles. The van der Waals surface area contributed by atoms with Crippen LogP contribution in [0.25, 0.3) is 0 Å². The largest absolute Gasteiger partial charge is 0.355 e. The first-order valence-electron chi connectivity index (χ1n) is 6.89. The van der Waals surface area contributed by atoms with E-state index in [0.717, 1.165) is 0 Å². The minimum atomic E-state index is -0.231. The molecular formula is C17H31NO2. The quantitative estimate of drug-likeness (QED) is 0.484. The Balaban J connectivity index is -0.000000155. The molecule has 0 aromatic heterocycles. The van der Waals surface area contributed by atoms with E-state index < -0.39 is 0 Å². The van der Waals surface area contributed by atoms with Crippen molar-refractivity contribution in [2.45, 2.75) is 54.9 Å². The van der Waals surface area contributed by atoms with Gasteiger partial charge in [-0.1, -0.05) is 46.3 Å². The normalized spacial score (nSPS) is 9.50. The van der Waals surface area contributed by atoms with Crippen LogP contribution in [0.4, 0.5) is 0 Å². The smallest absolute Gasteiger partial charge is 0.251 e. The molecule has 0 aromatic rings.